The van der Waals surface area contributed by atoms with Gasteiger partial charge >= 0.3 is 6.09 Å². The van der Waals surface area contributed by atoms with Crippen LogP contribution in [0.2, 0.25) is 0 Å². The standard InChI is InChI=1S/C20H19NO3/c22-18(16-12-5-6-13(9-12)20(16)7-8-20)21-17-14-4-2-1-3-11(14)10-15(17)24-19(21)23/h1-6,12-13,15-17H,7-10H2/t12-,13+,15+,16+,17-/m0/s1. The predicted molar refractivity (Wildman–Crippen MR) is 85.9 cm³/mol. The molecule has 0 unspecified atom stereocenters. The van der Waals surface area contributed by atoms with E-state index in [0.717, 1.165) is 31.2 Å². The molecule has 2 saturated carbocycles. The first-order chi connectivity index (χ1) is 11.7. The Bertz CT molecular complexity index is 809. The Kier molecular flexibility index (Phi) is 2.26. The number of carbonyl (C=O) groups excluding carboxylic acids is 2. The van der Waals surface area contributed by atoms with Gasteiger partial charge in [-0.15, -0.1) is 0 Å². The molecule has 4 nitrogen and oxygen atoms in total. The second-order valence-electron chi connectivity index (χ2n) is 8.08. The maximum Gasteiger partial charge on any atom is 0.417 e. The number of amides is 2. The topological polar surface area (TPSA) is 46.6 Å². The minimum atomic E-state index is -0.438. The van der Waals surface area contributed by atoms with Crippen LogP contribution in [0.15, 0.2) is 36.4 Å². The number of nitrogens with zero attached hydrogens (tertiary/aromatic N) is 1. The molecule has 2 amide bonds. The highest BCUT2D eigenvalue weighted by atomic mass is 16.6. The first-order valence-electron chi connectivity index (χ1n) is 8.99. The van der Waals surface area contributed by atoms with Crippen molar-refractivity contribution in [2.45, 2.75) is 37.8 Å². The van der Waals surface area contributed by atoms with Crippen LogP contribution in [0.3, 0.4) is 0 Å². The number of ether oxygens (including phenoxy) is 1. The Morgan fingerprint density at radius 2 is 2.04 bits per heavy atom. The van der Waals surface area contributed by atoms with Crippen LogP contribution in [0, 0.1) is 23.2 Å². The number of carbonyl (C=O) groups is 2. The molecule has 4 aliphatic carbocycles. The molecule has 1 aromatic carbocycles. The lowest BCUT2D eigenvalue weighted by atomic mass is 9.79. The predicted octanol–water partition coefficient (Wildman–Crippen LogP) is 3.23. The SMILES string of the molecule is O=C1O[C@@H]2Cc3ccccc3[C@@H]2N1C(=O)[C@H]1[C@H]2C=C[C@H](C2)C12CC2. The summed E-state index contributed by atoms with van der Waals surface area (Å²) in [4.78, 5) is 27.4. The molecule has 5 aliphatic rings. The van der Waals surface area contributed by atoms with Gasteiger partial charge in [0.05, 0.1) is 5.92 Å². The Labute approximate surface area is 140 Å². The van der Waals surface area contributed by atoms with E-state index in [0.29, 0.717) is 11.8 Å². The van der Waals surface area contributed by atoms with Gasteiger partial charge in [0.1, 0.15) is 12.1 Å². The van der Waals surface area contributed by atoms with Crippen LogP contribution in [0.25, 0.3) is 0 Å². The highest BCUT2D eigenvalue weighted by Gasteiger charge is 2.67. The van der Waals surface area contributed by atoms with Crippen LogP contribution in [0.1, 0.15) is 36.4 Å². The first kappa shape index (κ1) is 13.2. The van der Waals surface area contributed by atoms with Crippen LogP contribution in [0.5, 0.6) is 0 Å². The molecule has 1 aliphatic heterocycles. The summed E-state index contributed by atoms with van der Waals surface area (Å²) >= 11 is 0. The minimum Gasteiger partial charge on any atom is -0.443 e. The van der Waals surface area contributed by atoms with Crippen LogP contribution in [-0.4, -0.2) is 23.0 Å². The van der Waals surface area contributed by atoms with E-state index in [1.807, 2.05) is 18.2 Å². The molecule has 122 valence electrons. The number of benzene rings is 1. The zero-order valence-corrected chi connectivity index (χ0v) is 13.4. The molecule has 0 aromatic heterocycles. The van der Waals surface area contributed by atoms with Gasteiger partial charge < -0.3 is 4.74 Å². The summed E-state index contributed by atoms with van der Waals surface area (Å²) in [6, 6.07) is 7.88. The molecule has 0 N–H and O–H groups in total. The largest absolute Gasteiger partial charge is 0.443 e. The number of imide groups is 1. The molecule has 1 spiro atoms. The number of rotatable bonds is 1. The average molecular weight is 321 g/mol. The van der Waals surface area contributed by atoms with Crippen molar-refractivity contribution in [3.63, 3.8) is 0 Å². The summed E-state index contributed by atoms with van der Waals surface area (Å²) in [7, 11) is 0. The van der Waals surface area contributed by atoms with Crippen molar-refractivity contribution in [2.75, 3.05) is 0 Å². The summed E-state index contributed by atoms with van der Waals surface area (Å²) < 4.78 is 5.58. The molecule has 2 bridgehead atoms. The van der Waals surface area contributed by atoms with Crippen molar-refractivity contribution in [3.05, 3.63) is 47.5 Å². The lowest BCUT2D eigenvalue weighted by molar-refractivity contribution is -0.136. The Hall–Kier alpha value is -2.10. The summed E-state index contributed by atoms with van der Waals surface area (Å²) in [5, 5.41) is 0. The number of allylic oxidation sites excluding steroid dienone is 2. The monoisotopic (exact) mass is 321 g/mol. The van der Waals surface area contributed by atoms with E-state index >= 15 is 0 Å². The van der Waals surface area contributed by atoms with Gasteiger partial charge in [0.25, 0.3) is 0 Å². The molecular weight excluding hydrogens is 302 g/mol. The minimum absolute atomic E-state index is 0.0125. The normalized spacial score (nSPS) is 39.2. The van der Waals surface area contributed by atoms with E-state index < -0.39 is 6.09 Å². The van der Waals surface area contributed by atoms with Crippen molar-refractivity contribution < 1.29 is 14.3 Å². The van der Waals surface area contributed by atoms with E-state index in [9.17, 15) is 9.59 Å². The van der Waals surface area contributed by atoms with E-state index in [-0.39, 0.29) is 29.4 Å². The quantitative estimate of drug-likeness (QED) is 0.746. The van der Waals surface area contributed by atoms with E-state index in [4.69, 9.17) is 4.74 Å². The Balaban J connectivity index is 1.40. The maximum atomic E-state index is 13.4. The van der Waals surface area contributed by atoms with Gasteiger partial charge in [0.15, 0.2) is 0 Å². The average Bonchev–Trinajstić information content (AvgIpc) is 2.91. The fourth-order valence-corrected chi connectivity index (χ4v) is 5.94. The molecule has 4 heteroatoms. The molecule has 6 rings (SSSR count). The zero-order chi connectivity index (χ0) is 16.1. The molecule has 1 saturated heterocycles. The van der Waals surface area contributed by atoms with Crippen LogP contribution in [0.4, 0.5) is 4.79 Å². The van der Waals surface area contributed by atoms with Gasteiger partial charge in [-0.05, 0) is 47.6 Å². The molecule has 3 fully saturated rings. The van der Waals surface area contributed by atoms with Gasteiger partial charge in [0.2, 0.25) is 5.91 Å². The zero-order valence-electron chi connectivity index (χ0n) is 13.4. The smallest absolute Gasteiger partial charge is 0.417 e. The summed E-state index contributed by atoms with van der Waals surface area (Å²) in [6.07, 6.45) is 7.93. The third kappa shape index (κ3) is 1.41. The first-order valence-corrected chi connectivity index (χ1v) is 8.99. The number of hydrogen-bond acceptors (Lipinski definition) is 3. The molecule has 24 heavy (non-hydrogen) atoms. The molecule has 0 radical (unpaired) electrons. The maximum absolute atomic E-state index is 13.4. The molecule has 5 atom stereocenters. The lowest BCUT2D eigenvalue weighted by Crippen LogP contribution is -2.43. The number of hydrogen-bond donors (Lipinski definition) is 0. The van der Waals surface area contributed by atoms with Gasteiger partial charge in [-0.2, -0.15) is 0 Å². The van der Waals surface area contributed by atoms with Crippen LogP contribution < -0.4 is 0 Å². The summed E-state index contributed by atoms with van der Waals surface area (Å²) in [6.45, 7) is 0. The van der Waals surface area contributed by atoms with Crippen molar-refractivity contribution in [3.8, 4) is 0 Å². The second-order valence-corrected chi connectivity index (χ2v) is 8.08. The third-order valence-corrected chi connectivity index (χ3v) is 7.11. The highest BCUT2D eigenvalue weighted by Crippen LogP contribution is 2.70. The molecule has 1 heterocycles. The van der Waals surface area contributed by atoms with Crippen molar-refractivity contribution in [2.24, 2.45) is 23.2 Å². The van der Waals surface area contributed by atoms with Gasteiger partial charge in [-0.1, -0.05) is 36.4 Å². The fourth-order valence-electron chi connectivity index (χ4n) is 5.94. The van der Waals surface area contributed by atoms with Crippen LogP contribution in [-0.2, 0) is 16.0 Å². The van der Waals surface area contributed by atoms with E-state index in [2.05, 4.69) is 18.2 Å². The molecular formula is C20H19NO3. The molecule has 1 aromatic rings. The summed E-state index contributed by atoms with van der Waals surface area (Å²) in [5.74, 6) is 0.848. The lowest BCUT2D eigenvalue weighted by Gasteiger charge is -2.31. The third-order valence-electron chi connectivity index (χ3n) is 7.11. The van der Waals surface area contributed by atoms with Gasteiger partial charge in [0, 0.05) is 6.42 Å². The van der Waals surface area contributed by atoms with E-state index in [1.165, 1.54) is 10.5 Å². The van der Waals surface area contributed by atoms with Crippen molar-refractivity contribution >= 4 is 12.0 Å². The summed E-state index contributed by atoms with van der Waals surface area (Å²) in [5.41, 5.74) is 2.43. The van der Waals surface area contributed by atoms with Crippen LogP contribution >= 0.6 is 0 Å². The second kappa shape index (κ2) is 4.11. The Morgan fingerprint density at radius 1 is 1.21 bits per heavy atom. The van der Waals surface area contributed by atoms with E-state index in [1.54, 1.807) is 0 Å². The number of fused-ring (bicyclic) bond motifs is 6. The van der Waals surface area contributed by atoms with Gasteiger partial charge in [-0.25, -0.2) is 9.69 Å². The highest BCUT2D eigenvalue weighted by molar-refractivity contribution is 5.96. The Morgan fingerprint density at radius 3 is 2.88 bits per heavy atom. The van der Waals surface area contributed by atoms with Gasteiger partial charge in [-0.3, -0.25) is 4.79 Å². The fraction of sp³-hybridized carbons (Fsp3) is 0.500. The van der Waals surface area contributed by atoms with Crippen molar-refractivity contribution in [1.29, 1.82) is 0 Å². The van der Waals surface area contributed by atoms with Crippen molar-refractivity contribution in [1.82, 2.24) is 4.90 Å².